The third-order valence-electron chi connectivity index (χ3n) is 2.39. The molecule has 0 spiro atoms. The lowest BCUT2D eigenvalue weighted by atomic mass is 10.1. The molecule has 2 atom stereocenters. The molecule has 0 aliphatic carbocycles. The zero-order valence-corrected chi connectivity index (χ0v) is 10.4. The highest BCUT2D eigenvalue weighted by molar-refractivity contribution is 5.88. The summed E-state index contributed by atoms with van der Waals surface area (Å²) in [5.74, 6) is 0.264. The fraction of sp³-hybridized carbons (Fsp3) is 0.583. The van der Waals surface area contributed by atoms with Crippen LogP contribution in [0.1, 0.15) is 36.4 Å². The van der Waals surface area contributed by atoms with Crippen LogP contribution in [0, 0.1) is 0 Å². The highest BCUT2D eigenvalue weighted by atomic mass is 16.5. The van der Waals surface area contributed by atoms with Crippen LogP contribution >= 0.6 is 0 Å². The molecule has 0 radical (unpaired) electrons. The number of hydrogen-bond acceptors (Lipinski definition) is 5. The van der Waals surface area contributed by atoms with E-state index in [1.165, 1.54) is 13.4 Å². The molecule has 1 aromatic rings. The Hall–Kier alpha value is -1.33. The van der Waals surface area contributed by atoms with Gasteiger partial charge in [-0.2, -0.15) is 0 Å². The minimum absolute atomic E-state index is 0.182. The molecule has 0 amide bonds. The van der Waals surface area contributed by atoms with Crippen LogP contribution in [0.2, 0.25) is 0 Å². The number of hydrogen-bond donors (Lipinski definition) is 2. The predicted octanol–water partition coefficient (Wildman–Crippen LogP) is 1.32. The minimum Gasteiger partial charge on any atom is -0.467 e. The number of rotatable bonds is 6. The van der Waals surface area contributed by atoms with Crippen molar-refractivity contribution in [2.24, 2.45) is 0 Å². The molecule has 0 saturated carbocycles. The van der Waals surface area contributed by atoms with Gasteiger partial charge in [0, 0.05) is 6.04 Å². The number of methoxy groups -OCH3 is 1. The molecule has 1 rings (SSSR count). The number of esters is 1. The molecule has 0 aromatic carbocycles. The molecule has 5 heteroatoms. The van der Waals surface area contributed by atoms with Gasteiger partial charge < -0.3 is 19.6 Å². The molecule has 0 aliphatic rings. The van der Waals surface area contributed by atoms with Gasteiger partial charge in [-0.05, 0) is 26.3 Å². The number of ether oxygens (including phenoxy) is 1. The van der Waals surface area contributed by atoms with Gasteiger partial charge >= 0.3 is 5.97 Å². The van der Waals surface area contributed by atoms with E-state index < -0.39 is 5.97 Å². The van der Waals surface area contributed by atoms with Crippen LogP contribution in [-0.2, 0) is 11.3 Å². The van der Waals surface area contributed by atoms with E-state index in [1.54, 1.807) is 13.0 Å². The Bertz CT molecular complexity index is 359. The van der Waals surface area contributed by atoms with Crippen molar-refractivity contribution in [2.45, 2.75) is 39.0 Å². The SMILES string of the molecule is COC(=O)c1coc(CNC(C)CC(C)O)c1. The molecule has 0 aliphatic heterocycles. The second-order valence-electron chi connectivity index (χ2n) is 4.16. The van der Waals surface area contributed by atoms with Gasteiger partial charge in [0.05, 0.1) is 25.3 Å². The van der Waals surface area contributed by atoms with E-state index in [0.29, 0.717) is 24.3 Å². The summed E-state index contributed by atoms with van der Waals surface area (Å²) in [7, 11) is 1.33. The van der Waals surface area contributed by atoms with Crippen LogP contribution in [0.5, 0.6) is 0 Å². The quantitative estimate of drug-likeness (QED) is 0.735. The van der Waals surface area contributed by atoms with Crippen LogP contribution in [0.15, 0.2) is 16.7 Å². The fourth-order valence-electron chi connectivity index (χ4n) is 1.57. The van der Waals surface area contributed by atoms with Crippen molar-refractivity contribution < 1.29 is 19.1 Å². The van der Waals surface area contributed by atoms with Crippen LogP contribution in [-0.4, -0.2) is 30.3 Å². The first-order valence-electron chi connectivity index (χ1n) is 5.60. The van der Waals surface area contributed by atoms with E-state index >= 15 is 0 Å². The maximum Gasteiger partial charge on any atom is 0.341 e. The first-order valence-corrected chi connectivity index (χ1v) is 5.60. The van der Waals surface area contributed by atoms with Gasteiger partial charge in [-0.25, -0.2) is 4.79 Å². The van der Waals surface area contributed by atoms with Crippen LogP contribution in [0.4, 0.5) is 0 Å². The second-order valence-corrected chi connectivity index (χ2v) is 4.16. The highest BCUT2D eigenvalue weighted by Crippen LogP contribution is 2.09. The number of carbonyl (C=O) groups excluding carboxylic acids is 1. The number of carbonyl (C=O) groups is 1. The van der Waals surface area contributed by atoms with E-state index in [2.05, 4.69) is 10.1 Å². The molecule has 0 fully saturated rings. The first kappa shape index (κ1) is 13.7. The van der Waals surface area contributed by atoms with Crippen LogP contribution in [0.3, 0.4) is 0 Å². The maximum atomic E-state index is 11.2. The normalized spacial score (nSPS) is 14.4. The summed E-state index contributed by atoms with van der Waals surface area (Å²) in [6.07, 6.45) is 1.71. The summed E-state index contributed by atoms with van der Waals surface area (Å²) < 4.78 is 9.79. The van der Waals surface area contributed by atoms with Crippen molar-refractivity contribution in [3.63, 3.8) is 0 Å². The van der Waals surface area contributed by atoms with E-state index in [-0.39, 0.29) is 12.1 Å². The molecule has 17 heavy (non-hydrogen) atoms. The number of nitrogens with one attached hydrogen (secondary N) is 1. The molecule has 0 saturated heterocycles. The lowest BCUT2D eigenvalue weighted by Gasteiger charge is -2.14. The summed E-state index contributed by atoms with van der Waals surface area (Å²) in [5.41, 5.74) is 0.410. The number of aliphatic hydroxyl groups excluding tert-OH is 1. The molecule has 96 valence electrons. The Morgan fingerprint density at radius 1 is 1.59 bits per heavy atom. The van der Waals surface area contributed by atoms with Crippen molar-refractivity contribution in [1.29, 1.82) is 0 Å². The zero-order chi connectivity index (χ0) is 12.8. The van der Waals surface area contributed by atoms with Gasteiger partial charge in [0.25, 0.3) is 0 Å². The average Bonchev–Trinajstić information content (AvgIpc) is 2.73. The van der Waals surface area contributed by atoms with Gasteiger partial charge in [-0.15, -0.1) is 0 Å². The summed E-state index contributed by atoms with van der Waals surface area (Å²) >= 11 is 0. The minimum atomic E-state index is -0.406. The lowest BCUT2D eigenvalue weighted by Crippen LogP contribution is -2.28. The Morgan fingerprint density at radius 3 is 2.88 bits per heavy atom. The smallest absolute Gasteiger partial charge is 0.341 e. The first-order chi connectivity index (χ1) is 8.02. The summed E-state index contributed by atoms with van der Waals surface area (Å²) in [4.78, 5) is 11.2. The monoisotopic (exact) mass is 241 g/mol. The van der Waals surface area contributed by atoms with Crippen molar-refractivity contribution >= 4 is 5.97 Å². The van der Waals surface area contributed by atoms with Gasteiger partial charge in [0.15, 0.2) is 0 Å². The summed E-state index contributed by atoms with van der Waals surface area (Å²) in [5, 5.41) is 12.4. The average molecular weight is 241 g/mol. The number of furan rings is 1. The standard InChI is InChI=1S/C12H19NO4/c1-8(4-9(2)14)13-6-11-5-10(7-17-11)12(15)16-3/h5,7-9,13-14H,4,6H2,1-3H3. The van der Waals surface area contributed by atoms with Crippen LogP contribution < -0.4 is 5.32 Å². The van der Waals surface area contributed by atoms with E-state index in [4.69, 9.17) is 4.42 Å². The third-order valence-corrected chi connectivity index (χ3v) is 2.39. The molecule has 1 heterocycles. The van der Waals surface area contributed by atoms with Gasteiger partial charge in [-0.1, -0.05) is 0 Å². The van der Waals surface area contributed by atoms with Crippen molar-refractivity contribution in [3.05, 3.63) is 23.7 Å². The summed E-state index contributed by atoms with van der Waals surface area (Å²) in [6, 6.07) is 1.83. The summed E-state index contributed by atoms with van der Waals surface area (Å²) in [6.45, 7) is 4.25. The van der Waals surface area contributed by atoms with E-state index in [0.717, 1.165) is 0 Å². The zero-order valence-electron chi connectivity index (χ0n) is 10.4. The van der Waals surface area contributed by atoms with Gasteiger partial charge in [0.2, 0.25) is 0 Å². The van der Waals surface area contributed by atoms with Crippen molar-refractivity contribution in [1.82, 2.24) is 5.32 Å². The predicted molar refractivity (Wildman–Crippen MR) is 62.6 cm³/mol. The Morgan fingerprint density at radius 2 is 2.29 bits per heavy atom. The number of aliphatic hydroxyl groups is 1. The van der Waals surface area contributed by atoms with E-state index in [1.807, 2.05) is 6.92 Å². The highest BCUT2D eigenvalue weighted by Gasteiger charge is 2.11. The Kier molecular flexibility index (Phi) is 5.18. The molecule has 2 unspecified atom stereocenters. The lowest BCUT2D eigenvalue weighted by molar-refractivity contribution is 0.0600. The molecular formula is C12H19NO4. The molecule has 5 nitrogen and oxygen atoms in total. The van der Waals surface area contributed by atoms with Crippen LogP contribution in [0.25, 0.3) is 0 Å². The van der Waals surface area contributed by atoms with Gasteiger partial charge in [-0.3, -0.25) is 0 Å². The van der Waals surface area contributed by atoms with Crippen molar-refractivity contribution in [2.75, 3.05) is 7.11 Å². The second kappa shape index (κ2) is 6.42. The maximum absolute atomic E-state index is 11.2. The molecular weight excluding hydrogens is 222 g/mol. The fourth-order valence-corrected chi connectivity index (χ4v) is 1.57. The molecule has 0 bridgehead atoms. The van der Waals surface area contributed by atoms with Gasteiger partial charge in [0.1, 0.15) is 12.0 Å². The molecule has 2 N–H and O–H groups in total. The largest absolute Gasteiger partial charge is 0.467 e. The molecule has 1 aromatic heterocycles. The third kappa shape index (κ3) is 4.58. The Balaban J connectivity index is 2.42. The Labute approximate surface area is 101 Å². The van der Waals surface area contributed by atoms with Crippen molar-refractivity contribution in [3.8, 4) is 0 Å². The van der Waals surface area contributed by atoms with E-state index in [9.17, 15) is 9.90 Å². The topological polar surface area (TPSA) is 71.7 Å².